The van der Waals surface area contributed by atoms with Gasteiger partial charge in [-0.2, -0.15) is 0 Å². The standard InChI is InChI=1S/C20H15NO7/c1-11-2-4-13-14(6-11)20(25)21(19(13)24)8-18(23)26-9-15(22)12-3-5-16-17(7-12)28-10-27-16/h2-7H,8-10H2,1H3. The van der Waals surface area contributed by atoms with Crippen molar-refractivity contribution >= 4 is 23.6 Å². The van der Waals surface area contributed by atoms with Crippen LogP contribution in [0.25, 0.3) is 0 Å². The largest absolute Gasteiger partial charge is 0.456 e. The highest BCUT2D eigenvalue weighted by Gasteiger charge is 2.37. The number of carbonyl (C=O) groups excluding carboxylic acids is 4. The lowest BCUT2D eigenvalue weighted by molar-refractivity contribution is -0.142. The van der Waals surface area contributed by atoms with Crippen LogP contribution in [0.5, 0.6) is 11.5 Å². The van der Waals surface area contributed by atoms with Crippen molar-refractivity contribution in [3.63, 3.8) is 0 Å². The van der Waals surface area contributed by atoms with Gasteiger partial charge in [0.2, 0.25) is 6.79 Å². The second-order valence-electron chi connectivity index (χ2n) is 6.40. The van der Waals surface area contributed by atoms with Gasteiger partial charge in [0.05, 0.1) is 11.1 Å². The van der Waals surface area contributed by atoms with Crippen molar-refractivity contribution in [2.75, 3.05) is 19.9 Å². The molecule has 28 heavy (non-hydrogen) atoms. The number of hydrogen-bond acceptors (Lipinski definition) is 7. The van der Waals surface area contributed by atoms with Crippen LogP contribution in [-0.4, -0.2) is 48.4 Å². The van der Waals surface area contributed by atoms with E-state index in [-0.39, 0.29) is 17.9 Å². The lowest BCUT2D eigenvalue weighted by Gasteiger charge is -2.12. The van der Waals surface area contributed by atoms with Gasteiger partial charge in [-0.05, 0) is 37.3 Å². The SMILES string of the molecule is Cc1ccc2c(c1)C(=O)N(CC(=O)OCC(=O)c1ccc3c(c1)OCO3)C2=O. The molecule has 4 rings (SSSR count). The summed E-state index contributed by atoms with van der Waals surface area (Å²) in [6, 6.07) is 9.51. The number of imide groups is 1. The van der Waals surface area contributed by atoms with Crippen molar-refractivity contribution in [3.8, 4) is 11.5 Å². The highest BCUT2D eigenvalue weighted by molar-refractivity contribution is 6.22. The molecule has 0 radical (unpaired) electrons. The number of carbonyl (C=O) groups is 4. The smallest absolute Gasteiger partial charge is 0.326 e. The number of esters is 1. The number of nitrogens with zero attached hydrogens (tertiary/aromatic N) is 1. The molecule has 2 heterocycles. The first-order chi connectivity index (χ1) is 13.4. The van der Waals surface area contributed by atoms with Gasteiger partial charge in [0, 0.05) is 5.56 Å². The highest BCUT2D eigenvalue weighted by Crippen LogP contribution is 2.32. The van der Waals surface area contributed by atoms with E-state index in [9.17, 15) is 19.2 Å². The van der Waals surface area contributed by atoms with Crippen LogP contribution in [0.4, 0.5) is 0 Å². The zero-order valence-corrected chi connectivity index (χ0v) is 14.9. The van der Waals surface area contributed by atoms with Gasteiger partial charge in [0.1, 0.15) is 6.54 Å². The predicted octanol–water partition coefficient (Wildman–Crippen LogP) is 1.75. The molecule has 0 atom stereocenters. The Morgan fingerprint density at radius 2 is 1.75 bits per heavy atom. The summed E-state index contributed by atoms with van der Waals surface area (Å²) in [5.41, 5.74) is 1.64. The Bertz CT molecular complexity index is 1030. The molecule has 2 aromatic carbocycles. The van der Waals surface area contributed by atoms with Crippen LogP contribution in [0.3, 0.4) is 0 Å². The number of Topliss-reactive ketones (excluding diaryl/α,β-unsaturated/α-hetero) is 1. The Labute approximate surface area is 159 Å². The summed E-state index contributed by atoms with van der Waals surface area (Å²) in [5, 5.41) is 0. The van der Waals surface area contributed by atoms with Gasteiger partial charge in [0.15, 0.2) is 23.9 Å². The first kappa shape index (κ1) is 17.7. The third kappa shape index (κ3) is 3.09. The Morgan fingerprint density at radius 3 is 2.57 bits per heavy atom. The number of ketones is 1. The minimum absolute atomic E-state index is 0.0851. The summed E-state index contributed by atoms with van der Waals surface area (Å²) in [6.07, 6.45) is 0. The lowest BCUT2D eigenvalue weighted by atomic mass is 10.1. The molecule has 0 saturated heterocycles. The molecule has 0 spiro atoms. The van der Waals surface area contributed by atoms with Gasteiger partial charge in [-0.25, -0.2) is 0 Å². The molecule has 0 aromatic heterocycles. The van der Waals surface area contributed by atoms with Gasteiger partial charge in [-0.1, -0.05) is 11.6 Å². The van der Waals surface area contributed by atoms with E-state index in [1.165, 1.54) is 12.1 Å². The number of hydrogen-bond donors (Lipinski definition) is 0. The number of aryl methyl sites for hydroxylation is 1. The molecule has 0 fully saturated rings. The molecular weight excluding hydrogens is 366 g/mol. The minimum Gasteiger partial charge on any atom is -0.456 e. The maximum atomic E-state index is 12.4. The molecule has 142 valence electrons. The average molecular weight is 381 g/mol. The molecule has 8 heteroatoms. The van der Waals surface area contributed by atoms with Crippen molar-refractivity contribution in [2.24, 2.45) is 0 Å². The van der Waals surface area contributed by atoms with E-state index < -0.39 is 36.7 Å². The highest BCUT2D eigenvalue weighted by atomic mass is 16.7. The van der Waals surface area contributed by atoms with Gasteiger partial charge in [0.25, 0.3) is 11.8 Å². The Morgan fingerprint density at radius 1 is 1.00 bits per heavy atom. The topological polar surface area (TPSA) is 99.2 Å². The molecule has 0 bridgehead atoms. The fourth-order valence-electron chi connectivity index (χ4n) is 3.02. The van der Waals surface area contributed by atoms with Crippen molar-refractivity contribution < 1.29 is 33.4 Å². The molecule has 0 N–H and O–H groups in total. The van der Waals surface area contributed by atoms with Crippen LogP contribution in [0.15, 0.2) is 36.4 Å². The van der Waals surface area contributed by atoms with Gasteiger partial charge < -0.3 is 14.2 Å². The van der Waals surface area contributed by atoms with Crippen molar-refractivity contribution in [1.29, 1.82) is 0 Å². The third-order valence-electron chi connectivity index (χ3n) is 4.47. The molecule has 2 aliphatic rings. The van der Waals surface area contributed by atoms with Crippen LogP contribution in [0, 0.1) is 6.92 Å². The molecule has 0 saturated carbocycles. The van der Waals surface area contributed by atoms with E-state index in [0.29, 0.717) is 17.1 Å². The second-order valence-corrected chi connectivity index (χ2v) is 6.40. The number of ether oxygens (including phenoxy) is 3. The number of rotatable bonds is 5. The van der Waals surface area contributed by atoms with Crippen LogP contribution >= 0.6 is 0 Å². The summed E-state index contributed by atoms with van der Waals surface area (Å²) >= 11 is 0. The second kappa shape index (κ2) is 6.80. The third-order valence-corrected chi connectivity index (χ3v) is 4.47. The summed E-state index contributed by atoms with van der Waals surface area (Å²) in [6.45, 7) is 0.818. The van der Waals surface area contributed by atoms with Crippen molar-refractivity contribution in [2.45, 2.75) is 6.92 Å². The van der Waals surface area contributed by atoms with E-state index in [1.807, 2.05) is 0 Å². The van der Waals surface area contributed by atoms with E-state index >= 15 is 0 Å². The van der Waals surface area contributed by atoms with E-state index in [2.05, 4.69) is 0 Å². The summed E-state index contributed by atoms with van der Waals surface area (Å²) in [4.78, 5) is 49.8. The van der Waals surface area contributed by atoms with E-state index in [0.717, 1.165) is 10.5 Å². The van der Waals surface area contributed by atoms with Crippen molar-refractivity contribution in [3.05, 3.63) is 58.7 Å². The molecule has 0 unspecified atom stereocenters. The number of benzene rings is 2. The Balaban J connectivity index is 1.37. The molecule has 0 aliphatic carbocycles. The molecular formula is C20H15NO7. The fraction of sp³-hybridized carbons (Fsp3) is 0.200. The number of fused-ring (bicyclic) bond motifs is 2. The first-order valence-electron chi connectivity index (χ1n) is 8.49. The lowest BCUT2D eigenvalue weighted by Crippen LogP contribution is -2.36. The Hall–Kier alpha value is -3.68. The van der Waals surface area contributed by atoms with Gasteiger partial charge in [-0.3, -0.25) is 24.1 Å². The summed E-state index contributed by atoms with van der Waals surface area (Å²) in [5.74, 6) is -1.42. The minimum atomic E-state index is -0.847. The normalized spacial score (nSPS) is 14.2. The van der Waals surface area contributed by atoms with Gasteiger partial charge >= 0.3 is 5.97 Å². The van der Waals surface area contributed by atoms with Crippen LogP contribution in [0.2, 0.25) is 0 Å². The van der Waals surface area contributed by atoms with Crippen LogP contribution < -0.4 is 9.47 Å². The molecule has 2 aliphatic heterocycles. The molecule has 2 amide bonds. The quantitative estimate of drug-likeness (QED) is 0.442. The zero-order chi connectivity index (χ0) is 19.8. The monoisotopic (exact) mass is 381 g/mol. The zero-order valence-electron chi connectivity index (χ0n) is 14.9. The van der Waals surface area contributed by atoms with Crippen LogP contribution in [-0.2, 0) is 9.53 Å². The van der Waals surface area contributed by atoms with Gasteiger partial charge in [-0.15, -0.1) is 0 Å². The average Bonchev–Trinajstić information content (AvgIpc) is 3.24. The summed E-state index contributed by atoms with van der Waals surface area (Å²) in [7, 11) is 0. The summed E-state index contributed by atoms with van der Waals surface area (Å²) < 4.78 is 15.3. The predicted molar refractivity (Wildman–Crippen MR) is 94.4 cm³/mol. The molecule has 8 nitrogen and oxygen atoms in total. The fourth-order valence-corrected chi connectivity index (χ4v) is 3.02. The Kier molecular flexibility index (Phi) is 4.31. The maximum absolute atomic E-state index is 12.4. The van der Waals surface area contributed by atoms with Crippen LogP contribution in [0.1, 0.15) is 36.6 Å². The van der Waals surface area contributed by atoms with E-state index in [4.69, 9.17) is 14.2 Å². The van der Waals surface area contributed by atoms with Crippen molar-refractivity contribution in [1.82, 2.24) is 4.90 Å². The maximum Gasteiger partial charge on any atom is 0.326 e. The van der Waals surface area contributed by atoms with E-state index in [1.54, 1.807) is 31.2 Å². The molecule has 2 aromatic rings. The first-order valence-corrected chi connectivity index (χ1v) is 8.49. The number of amides is 2.